The highest BCUT2D eigenvalue weighted by molar-refractivity contribution is 8.01. The minimum Gasteiger partial charge on any atom is -0.357 e. The summed E-state index contributed by atoms with van der Waals surface area (Å²) in [5.41, 5.74) is -0.159. The van der Waals surface area contributed by atoms with Crippen molar-refractivity contribution in [3.05, 3.63) is 46.0 Å². The molecule has 1 heterocycles. The van der Waals surface area contributed by atoms with Gasteiger partial charge in [0, 0.05) is 17.6 Å². The Morgan fingerprint density at radius 2 is 2.29 bits per heavy atom. The first kappa shape index (κ1) is 18.2. The molecule has 0 saturated carbocycles. The second kappa shape index (κ2) is 8.62. The molecule has 2 rings (SSSR count). The Morgan fingerprint density at radius 1 is 1.50 bits per heavy atom. The predicted molar refractivity (Wildman–Crippen MR) is 96.1 cm³/mol. The largest absolute Gasteiger partial charge is 0.357 e. The van der Waals surface area contributed by atoms with Crippen molar-refractivity contribution in [2.45, 2.75) is 4.34 Å². The van der Waals surface area contributed by atoms with Crippen molar-refractivity contribution in [2.75, 3.05) is 22.9 Å². The Labute approximate surface area is 150 Å². The molecule has 2 aromatic rings. The normalized spacial score (nSPS) is 10.2. The van der Waals surface area contributed by atoms with Crippen LogP contribution in [0.25, 0.3) is 0 Å². The maximum atomic E-state index is 12.0. The number of amides is 1. The Balaban J connectivity index is 1.93. The van der Waals surface area contributed by atoms with Crippen LogP contribution in [0.15, 0.2) is 35.2 Å². The summed E-state index contributed by atoms with van der Waals surface area (Å²) in [6, 6.07) is 4.05. The van der Waals surface area contributed by atoms with Gasteiger partial charge in [-0.2, -0.15) is 0 Å². The van der Waals surface area contributed by atoms with Crippen LogP contribution in [0.5, 0.6) is 0 Å². The highest BCUT2D eigenvalue weighted by Crippen LogP contribution is 2.29. The average molecular weight is 386 g/mol. The van der Waals surface area contributed by atoms with E-state index in [2.05, 4.69) is 27.4 Å². The van der Waals surface area contributed by atoms with Crippen LogP contribution in [0.2, 0.25) is 5.02 Å². The number of aromatic nitrogens is 2. The van der Waals surface area contributed by atoms with Gasteiger partial charge in [0.15, 0.2) is 4.34 Å². The van der Waals surface area contributed by atoms with Gasteiger partial charge in [-0.15, -0.1) is 16.8 Å². The van der Waals surface area contributed by atoms with Gasteiger partial charge in [-0.3, -0.25) is 14.9 Å². The number of benzene rings is 1. The molecule has 0 saturated heterocycles. The zero-order chi connectivity index (χ0) is 17.5. The van der Waals surface area contributed by atoms with Gasteiger partial charge in [0.2, 0.25) is 11.0 Å². The Kier molecular flexibility index (Phi) is 6.53. The van der Waals surface area contributed by atoms with Crippen LogP contribution in [0.4, 0.5) is 16.5 Å². The molecule has 0 aliphatic carbocycles. The van der Waals surface area contributed by atoms with Crippen molar-refractivity contribution >= 4 is 57.1 Å². The number of anilines is 2. The van der Waals surface area contributed by atoms with E-state index in [1.165, 1.54) is 41.3 Å². The molecule has 2 N–H and O–H groups in total. The fraction of sp³-hybridized carbons (Fsp3) is 0.154. The smallest absolute Gasteiger partial charge is 0.294 e. The van der Waals surface area contributed by atoms with E-state index in [1.54, 1.807) is 6.08 Å². The second-order valence-electron chi connectivity index (χ2n) is 4.30. The van der Waals surface area contributed by atoms with Gasteiger partial charge < -0.3 is 10.6 Å². The summed E-state index contributed by atoms with van der Waals surface area (Å²) in [6.07, 6.45) is 1.70. The molecule has 0 aliphatic heterocycles. The summed E-state index contributed by atoms with van der Waals surface area (Å²) in [6.45, 7) is 4.16. The summed E-state index contributed by atoms with van der Waals surface area (Å²) in [5.74, 6) is -0.336. The van der Waals surface area contributed by atoms with Crippen LogP contribution >= 0.6 is 34.7 Å². The first-order chi connectivity index (χ1) is 11.5. The molecule has 126 valence electrons. The maximum absolute atomic E-state index is 12.0. The summed E-state index contributed by atoms with van der Waals surface area (Å²) >= 11 is 8.23. The molecule has 0 radical (unpaired) electrons. The van der Waals surface area contributed by atoms with Crippen LogP contribution in [-0.2, 0) is 4.79 Å². The molecule has 0 atom stereocenters. The topological polar surface area (TPSA) is 110 Å². The lowest BCUT2D eigenvalue weighted by molar-refractivity contribution is -0.383. The standard InChI is InChI=1S/C13H12ClN5O3S2/c1-2-5-15-12-17-18-13(24-12)23-7-11(20)16-9-4-3-8(14)6-10(9)19(21)22/h2-4,6H,1,5,7H2,(H,15,17)(H,16,20). The lowest BCUT2D eigenvalue weighted by Crippen LogP contribution is -2.15. The zero-order valence-electron chi connectivity index (χ0n) is 12.2. The summed E-state index contributed by atoms with van der Waals surface area (Å²) in [4.78, 5) is 22.3. The highest BCUT2D eigenvalue weighted by Gasteiger charge is 2.17. The number of nitrogens with one attached hydrogen (secondary N) is 2. The molecule has 24 heavy (non-hydrogen) atoms. The van der Waals surface area contributed by atoms with E-state index in [-0.39, 0.29) is 28.1 Å². The first-order valence-electron chi connectivity index (χ1n) is 6.54. The lowest BCUT2D eigenvalue weighted by Gasteiger charge is -2.05. The van der Waals surface area contributed by atoms with E-state index in [0.717, 1.165) is 0 Å². The minimum absolute atomic E-state index is 0.0515. The number of thioether (sulfide) groups is 1. The monoisotopic (exact) mass is 385 g/mol. The number of carbonyl (C=O) groups is 1. The number of carbonyl (C=O) groups excluding carboxylic acids is 1. The molecule has 0 aliphatic rings. The van der Waals surface area contributed by atoms with Crippen molar-refractivity contribution in [1.82, 2.24) is 10.2 Å². The highest BCUT2D eigenvalue weighted by atomic mass is 35.5. The van der Waals surface area contributed by atoms with Crippen molar-refractivity contribution in [3.8, 4) is 0 Å². The van der Waals surface area contributed by atoms with Gasteiger partial charge in [0.1, 0.15) is 5.69 Å². The fourth-order valence-corrected chi connectivity index (χ4v) is 3.30. The van der Waals surface area contributed by atoms with Crippen molar-refractivity contribution in [2.24, 2.45) is 0 Å². The molecule has 0 fully saturated rings. The second-order valence-corrected chi connectivity index (χ2v) is 6.93. The molecule has 0 bridgehead atoms. The van der Waals surface area contributed by atoms with E-state index in [1.807, 2.05) is 0 Å². The molecule has 1 aromatic carbocycles. The summed E-state index contributed by atoms with van der Waals surface area (Å²) in [5, 5.41) is 25.2. The average Bonchev–Trinajstić information content (AvgIpc) is 3.00. The number of nitro benzene ring substituents is 1. The van der Waals surface area contributed by atoms with Crippen molar-refractivity contribution in [3.63, 3.8) is 0 Å². The molecular weight excluding hydrogens is 374 g/mol. The summed E-state index contributed by atoms with van der Waals surface area (Å²) in [7, 11) is 0. The van der Waals surface area contributed by atoms with Crippen LogP contribution < -0.4 is 10.6 Å². The van der Waals surface area contributed by atoms with E-state index in [0.29, 0.717) is 16.0 Å². The molecule has 0 unspecified atom stereocenters. The van der Waals surface area contributed by atoms with Gasteiger partial charge in [-0.1, -0.05) is 40.8 Å². The third-order valence-electron chi connectivity index (χ3n) is 2.56. The zero-order valence-corrected chi connectivity index (χ0v) is 14.6. The predicted octanol–water partition coefficient (Wildman–Crippen LogP) is 3.43. The van der Waals surface area contributed by atoms with Crippen molar-refractivity contribution in [1.29, 1.82) is 0 Å². The molecule has 8 nitrogen and oxygen atoms in total. The molecule has 1 aromatic heterocycles. The lowest BCUT2D eigenvalue weighted by atomic mass is 10.2. The number of hydrogen-bond donors (Lipinski definition) is 2. The number of nitrogens with zero attached hydrogens (tertiary/aromatic N) is 3. The maximum Gasteiger partial charge on any atom is 0.294 e. The van der Waals surface area contributed by atoms with Crippen LogP contribution in [0.1, 0.15) is 0 Å². The SMILES string of the molecule is C=CCNc1nnc(SCC(=O)Nc2ccc(Cl)cc2[N+](=O)[O-])s1. The molecule has 11 heteroatoms. The third-order valence-corrected chi connectivity index (χ3v) is 4.81. The third kappa shape index (κ3) is 5.18. The van der Waals surface area contributed by atoms with E-state index < -0.39 is 4.92 Å². The molecule has 1 amide bonds. The van der Waals surface area contributed by atoms with Gasteiger partial charge >= 0.3 is 0 Å². The number of rotatable bonds is 8. The van der Waals surface area contributed by atoms with Crippen LogP contribution in [-0.4, -0.2) is 33.3 Å². The van der Waals surface area contributed by atoms with E-state index >= 15 is 0 Å². The molecular formula is C13H12ClN5O3S2. The Bertz CT molecular complexity index is 768. The summed E-state index contributed by atoms with van der Waals surface area (Å²) < 4.78 is 0.613. The van der Waals surface area contributed by atoms with Crippen LogP contribution in [0.3, 0.4) is 0 Å². The Hall–Kier alpha value is -2.17. The Morgan fingerprint density at radius 3 is 3.00 bits per heavy atom. The number of hydrogen-bond acceptors (Lipinski definition) is 8. The van der Waals surface area contributed by atoms with E-state index in [9.17, 15) is 14.9 Å². The van der Waals surface area contributed by atoms with Gasteiger partial charge in [0.25, 0.3) is 5.69 Å². The van der Waals surface area contributed by atoms with Crippen molar-refractivity contribution < 1.29 is 9.72 Å². The van der Waals surface area contributed by atoms with Gasteiger partial charge in [-0.05, 0) is 12.1 Å². The molecule has 0 spiro atoms. The van der Waals surface area contributed by atoms with Crippen LogP contribution in [0, 0.1) is 10.1 Å². The quantitative estimate of drug-likeness (QED) is 0.310. The van der Waals surface area contributed by atoms with Gasteiger partial charge in [-0.25, -0.2) is 0 Å². The van der Waals surface area contributed by atoms with Gasteiger partial charge in [0.05, 0.1) is 10.7 Å². The van der Waals surface area contributed by atoms with E-state index in [4.69, 9.17) is 11.6 Å². The number of halogens is 1. The fourth-order valence-electron chi connectivity index (χ4n) is 1.57. The number of nitro groups is 1. The first-order valence-corrected chi connectivity index (χ1v) is 8.72. The minimum atomic E-state index is -0.600.